The van der Waals surface area contributed by atoms with Crippen molar-refractivity contribution in [2.24, 2.45) is 0 Å². The van der Waals surface area contributed by atoms with Gasteiger partial charge in [-0.15, -0.1) is 0 Å². The number of rotatable bonds is 5. The first-order chi connectivity index (χ1) is 13.5. The zero-order chi connectivity index (χ0) is 19.8. The Labute approximate surface area is 163 Å². The minimum absolute atomic E-state index is 0.0313. The van der Waals surface area contributed by atoms with Crippen LogP contribution in [0.5, 0.6) is 11.5 Å². The second kappa shape index (κ2) is 7.20. The average molecular weight is 380 g/mol. The fourth-order valence-electron chi connectivity index (χ4n) is 3.99. The lowest BCUT2D eigenvalue weighted by Gasteiger charge is -2.29. The molecule has 4 rings (SSSR count). The van der Waals surface area contributed by atoms with Crippen molar-refractivity contribution in [1.82, 2.24) is 4.98 Å². The summed E-state index contributed by atoms with van der Waals surface area (Å²) in [5.41, 5.74) is 4.03. The predicted molar refractivity (Wildman–Crippen MR) is 103 cm³/mol. The number of hydrogen-bond acceptors (Lipinski definition) is 4. The minimum atomic E-state index is -1.05. The Hall–Kier alpha value is -2.99. The molecule has 0 bridgehead atoms. The van der Waals surface area contributed by atoms with Gasteiger partial charge in [-0.1, -0.05) is 18.2 Å². The maximum Gasteiger partial charge on any atom is 0.161 e. The van der Waals surface area contributed by atoms with Crippen molar-refractivity contribution < 1.29 is 24.7 Å². The zero-order valence-corrected chi connectivity index (χ0v) is 16.2. The molecule has 0 fully saturated rings. The van der Waals surface area contributed by atoms with Crippen molar-refractivity contribution >= 4 is 16.9 Å². The quantitative estimate of drug-likeness (QED) is 0.698. The molecule has 3 N–H and O–H groups in total. The molecule has 0 saturated heterocycles. The molecule has 3 aromatic rings. The van der Waals surface area contributed by atoms with Gasteiger partial charge in [0.1, 0.15) is 6.04 Å². The number of benzene rings is 2. The number of carboxylic acid groups (broad SMARTS) is 1. The number of aromatic nitrogens is 1. The predicted octanol–water partition coefficient (Wildman–Crippen LogP) is 1.29. The van der Waals surface area contributed by atoms with E-state index in [4.69, 9.17) is 9.47 Å². The van der Waals surface area contributed by atoms with E-state index in [-0.39, 0.29) is 12.1 Å². The summed E-state index contributed by atoms with van der Waals surface area (Å²) >= 11 is 0. The van der Waals surface area contributed by atoms with E-state index in [0.29, 0.717) is 17.9 Å². The maximum absolute atomic E-state index is 11.7. The number of methoxy groups -OCH3 is 1. The third-order valence-electron chi connectivity index (χ3n) is 5.22. The van der Waals surface area contributed by atoms with Crippen LogP contribution in [0, 0.1) is 0 Å². The average Bonchev–Trinajstić information content (AvgIpc) is 3.06. The number of aliphatic carboxylic acids is 1. The number of ether oxygens (including phenoxy) is 2. The smallest absolute Gasteiger partial charge is 0.161 e. The van der Waals surface area contributed by atoms with E-state index in [1.807, 2.05) is 61.6 Å². The molecular weight excluding hydrogens is 356 g/mol. The van der Waals surface area contributed by atoms with Crippen LogP contribution in [0.2, 0.25) is 0 Å². The molecule has 2 heterocycles. The molecule has 0 unspecified atom stereocenters. The third-order valence-corrected chi connectivity index (χ3v) is 5.22. The Balaban J connectivity index is 1.82. The van der Waals surface area contributed by atoms with Gasteiger partial charge in [0.2, 0.25) is 0 Å². The number of para-hydroxylation sites is 1. The molecule has 1 aliphatic heterocycles. The molecule has 28 heavy (non-hydrogen) atoms. The van der Waals surface area contributed by atoms with Gasteiger partial charge in [0.05, 0.1) is 24.9 Å². The first-order valence-corrected chi connectivity index (χ1v) is 9.48. The summed E-state index contributed by atoms with van der Waals surface area (Å²) < 4.78 is 11.3. The van der Waals surface area contributed by atoms with Gasteiger partial charge in [0.25, 0.3) is 0 Å². The van der Waals surface area contributed by atoms with E-state index in [2.05, 4.69) is 4.98 Å². The molecule has 146 valence electrons. The molecule has 2 atom stereocenters. The molecule has 6 heteroatoms. The molecule has 1 aliphatic rings. The summed E-state index contributed by atoms with van der Waals surface area (Å²) in [4.78, 5) is 15.2. The number of carboxylic acids is 1. The first-order valence-electron chi connectivity index (χ1n) is 9.48. The van der Waals surface area contributed by atoms with Crippen molar-refractivity contribution in [2.45, 2.75) is 38.5 Å². The van der Waals surface area contributed by atoms with Gasteiger partial charge in [0, 0.05) is 22.9 Å². The molecule has 1 aromatic heterocycles. The van der Waals surface area contributed by atoms with E-state index < -0.39 is 12.0 Å². The number of fused-ring (bicyclic) bond motifs is 3. The highest BCUT2D eigenvalue weighted by atomic mass is 16.5. The fourth-order valence-corrected chi connectivity index (χ4v) is 3.99. The van der Waals surface area contributed by atoms with Crippen LogP contribution < -0.4 is 19.9 Å². The van der Waals surface area contributed by atoms with Crippen molar-refractivity contribution in [3.05, 3.63) is 59.3 Å². The van der Waals surface area contributed by atoms with E-state index >= 15 is 0 Å². The number of hydrogen-bond donors (Lipinski definition) is 2. The molecule has 0 saturated carbocycles. The van der Waals surface area contributed by atoms with Gasteiger partial charge in [-0.25, -0.2) is 0 Å². The molecular formula is C22H24N2O4. The van der Waals surface area contributed by atoms with Gasteiger partial charge < -0.3 is 29.7 Å². The van der Waals surface area contributed by atoms with Crippen LogP contribution in [-0.2, 0) is 11.2 Å². The molecule has 6 nitrogen and oxygen atoms in total. The standard InChI is InChI=1S/C22H24N2O4/c1-12(2)28-18-9-8-13(10-19(18)27-3)20-21-15(11-17(24-20)22(25)26)14-6-4-5-7-16(14)23-21/h4-10,12,17,20,23-24H,11H2,1-3H3,(H,25,26)/t17-,20-/m0/s1. The Kier molecular flexibility index (Phi) is 4.73. The fraction of sp³-hybridized carbons (Fsp3) is 0.318. The number of nitrogens with two attached hydrogens (primary N) is 1. The molecule has 2 aromatic carbocycles. The maximum atomic E-state index is 11.7. The van der Waals surface area contributed by atoms with E-state index in [0.717, 1.165) is 27.7 Å². The first kappa shape index (κ1) is 18.4. The number of aromatic amines is 1. The summed E-state index contributed by atoms with van der Waals surface area (Å²) in [6.45, 7) is 3.92. The zero-order valence-electron chi connectivity index (χ0n) is 16.2. The van der Waals surface area contributed by atoms with Gasteiger partial charge in [-0.3, -0.25) is 0 Å². The van der Waals surface area contributed by atoms with Crippen LogP contribution in [-0.4, -0.2) is 30.2 Å². The molecule has 0 aliphatic carbocycles. The Morgan fingerprint density at radius 3 is 2.71 bits per heavy atom. The van der Waals surface area contributed by atoms with Crippen LogP contribution in [0.4, 0.5) is 0 Å². The summed E-state index contributed by atoms with van der Waals surface area (Å²) in [5, 5.41) is 14.6. The summed E-state index contributed by atoms with van der Waals surface area (Å²) in [7, 11) is 1.61. The number of nitrogens with one attached hydrogen (secondary N) is 1. The summed E-state index contributed by atoms with van der Waals surface area (Å²) in [5.74, 6) is 0.255. The van der Waals surface area contributed by atoms with Crippen molar-refractivity contribution in [3.63, 3.8) is 0 Å². The molecule has 0 radical (unpaired) electrons. The summed E-state index contributed by atoms with van der Waals surface area (Å²) in [6.07, 6.45) is 0.466. The topological polar surface area (TPSA) is 91.0 Å². The largest absolute Gasteiger partial charge is 0.544 e. The van der Waals surface area contributed by atoms with Crippen molar-refractivity contribution in [1.29, 1.82) is 0 Å². The molecule has 0 spiro atoms. The minimum Gasteiger partial charge on any atom is -0.544 e. The lowest BCUT2D eigenvalue weighted by atomic mass is 9.90. The highest BCUT2D eigenvalue weighted by molar-refractivity contribution is 5.86. The Morgan fingerprint density at radius 1 is 1.21 bits per heavy atom. The van der Waals surface area contributed by atoms with Crippen LogP contribution in [0.1, 0.15) is 36.7 Å². The SMILES string of the molecule is COc1cc([C@@H]2[NH2+][C@H](C(=O)[O-])Cc3c2[nH]c2ccccc32)ccc1OC(C)C. The van der Waals surface area contributed by atoms with Crippen molar-refractivity contribution in [2.75, 3.05) is 7.11 Å². The lowest BCUT2D eigenvalue weighted by molar-refractivity contribution is -0.717. The second-order valence-electron chi connectivity index (χ2n) is 7.44. The number of carbonyl (C=O) groups is 1. The third kappa shape index (κ3) is 3.20. The Bertz CT molecular complexity index is 1020. The van der Waals surface area contributed by atoms with Gasteiger partial charge in [0.15, 0.2) is 17.5 Å². The van der Waals surface area contributed by atoms with Crippen LogP contribution >= 0.6 is 0 Å². The van der Waals surface area contributed by atoms with Crippen LogP contribution in [0.15, 0.2) is 42.5 Å². The number of carbonyl (C=O) groups excluding carboxylic acids is 1. The lowest BCUT2D eigenvalue weighted by Crippen LogP contribution is -2.95. The van der Waals surface area contributed by atoms with Gasteiger partial charge in [-0.2, -0.15) is 0 Å². The van der Waals surface area contributed by atoms with E-state index in [1.165, 1.54) is 0 Å². The van der Waals surface area contributed by atoms with Crippen LogP contribution in [0.25, 0.3) is 10.9 Å². The van der Waals surface area contributed by atoms with Gasteiger partial charge >= 0.3 is 0 Å². The highest BCUT2D eigenvalue weighted by Crippen LogP contribution is 2.35. The molecule has 0 amide bonds. The second-order valence-corrected chi connectivity index (χ2v) is 7.44. The number of quaternary nitrogens is 1. The van der Waals surface area contributed by atoms with E-state index in [9.17, 15) is 9.90 Å². The van der Waals surface area contributed by atoms with Crippen molar-refractivity contribution in [3.8, 4) is 11.5 Å². The normalized spacial score (nSPS) is 18.9. The monoisotopic (exact) mass is 380 g/mol. The van der Waals surface area contributed by atoms with E-state index in [1.54, 1.807) is 7.11 Å². The summed E-state index contributed by atoms with van der Waals surface area (Å²) in [6, 6.07) is 12.9. The number of H-pyrrole nitrogens is 1. The van der Waals surface area contributed by atoms with Gasteiger partial charge in [-0.05, 0) is 43.7 Å². The van der Waals surface area contributed by atoms with Crippen LogP contribution in [0.3, 0.4) is 0 Å². The highest BCUT2D eigenvalue weighted by Gasteiger charge is 2.35. The Morgan fingerprint density at radius 2 is 2.00 bits per heavy atom.